The molecule has 3 rings (SSSR count). The molecular formula is C26H30FSn+. The topological polar surface area (TPSA) is 0 Å². The van der Waals surface area contributed by atoms with Crippen LogP contribution < -0.4 is 3.58 Å². The molecule has 0 aliphatic heterocycles. The molecular weight excluding hydrogens is 450 g/mol. The Labute approximate surface area is 176 Å². The van der Waals surface area contributed by atoms with Gasteiger partial charge in [0.25, 0.3) is 0 Å². The van der Waals surface area contributed by atoms with E-state index in [1.807, 2.05) is 12.1 Å². The molecule has 3 aromatic carbocycles. The number of halogens is 1. The second kappa shape index (κ2) is 8.82. The van der Waals surface area contributed by atoms with Gasteiger partial charge < -0.3 is 0 Å². The summed E-state index contributed by atoms with van der Waals surface area (Å²) in [5.74, 6) is -0.142. The Morgan fingerprint density at radius 3 is 1.39 bits per heavy atom. The van der Waals surface area contributed by atoms with Crippen molar-refractivity contribution in [2.45, 2.75) is 47.4 Å². The molecule has 0 heterocycles. The number of hydrogen-bond donors (Lipinski definition) is 0. The first kappa shape index (κ1) is 21.1. The molecule has 0 aliphatic rings. The normalized spacial score (nSPS) is 12.0. The zero-order valence-electron chi connectivity index (χ0n) is 17.4. The molecule has 0 radical (unpaired) electrons. The minimum atomic E-state index is -2.08. The first-order valence-corrected chi connectivity index (χ1v) is 15.5. The molecule has 0 aromatic heterocycles. The molecule has 2 heteroatoms. The summed E-state index contributed by atoms with van der Waals surface area (Å²) in [5.41, 5.74) is 3.04. The second-order valence-electron chi connectivity index (χ2n) is 8.96. The van der Waals surface area contributed by atoms with Crippen LogP contribution in [0, 0.1) is 5.82 Å². The van der Waals surface area contributed by atoms with E-state index in [2.05, 4.69) is 88.4 Å². The summed E-state index contributed by atoms with van der Waals surface area (Å²) in [7, 11) is 0. The van der Waals surface area contributed by atoms with E-state index in [9.17, 15) is 4.39 Å². The average Bonchev–Trinajstić information content (AvgIpc) is 2.69. The van der Waals surface area contributed by atoms with Crippen LogP contribution in [-0.2, 0) is 10.8 Å². The van der Waals surface area contributed by atoms with Gasteiger partial charge in [0.2, 0.25) is 0 Å². The molecule has 0 saturated heterocycles. The summed E-state index contributed by atoms with van der Waals surface area (Å²) >= 11 is -2.08. The predicted octanol–water partition coefficient (Wildman–Crippen LogP) is 6.48. The van der Waals surface area contributed by atoms with Gasteiger partial charge in [-0.3, -0.25) is 0 Å². The molecule has 0 spiro atoms. The SMILES string of the molecule is CC(C)([CH2][Sn+]([CH2]C(C)(C)c1ccccc1)[c]1ccc(F)cc1)c1ccccc1. The Morgan fingerprint density at radius 2 is 1.00 bits per heavy atom. The monoisotopic (exact) mass is 481 g/mol. The fourth-order valence-corrected chi connectivity index (χ4v) is 14.6. The average molecular weight is 480 g/mol. The van der Waals surface area contributed by atoms with Crippen LogP contribution in [-0.4, -0.2) is 19.8 Å². The standard InChI is InChI=1S/2C10H13.C6H4F.Sn/c2*1-10(2,3)9-7-5-4-6-8-9;7-6-4-2-1-3-5-6;/h2*4-8H,1H2,2-3H3;2-5H;/q;;;+1. The Morgan fingerprint density at radius 1 is 0.607 bits per heavy atom. The quantitative estimate of drug-likeness (QED) is 0.340. The van der Waals surface area contributed by atoms with E-state index >= 15 is 0 Å². The summed E-state index contributed by atoms with van der Waals surface area (Å²) in [5, 5.41) is 0. The Balaban J connectivity index is 1.92. The van der Waals surface area contributed by atoms with Crippen molar-refractivity contribution in [3.05, 3.63) is 102 Å². The summed E-state index contributed by atoms with van der Waals surface area (Å²) in [4.78, 5) is 0. The van der Waals surface area contributed by atoms with Gasteiger partial charge in [-0.05, 0) is 0 Å². The predicted molar refractivity (Wildman–Crippen MR) is 120 cm³/mol. The Bertz CT molecular complexity index is 814. The van der Waals surface area contributed by atoms with E-state index in [-0.39, 0.29) is 16.6 Å². The number of hydrogen-bond acceptors (Lipinski definition) is 0. The molecule has 28 heavy (non-hydrogen) atoms. The van der Waals surface area contributed by atoms with Crippen LogP contribution in [0.3, 0.4) is 0 Å². The minimum absolute atomic E-state index is 0.122. The van der Waals surface area contributed by atoms with Gasteiger partial charge in [0.05, 0.1) is 0 Å². The Kier molecular flexibility index (Phi) is 6.65. The van der Waals surface area contributed by atoms with Crippen LogP contribution in [0.4, 0.5) is 4.39 Å². The van der Waals surface area contributed by atoms with Crippen molar-refractivity contribution in [2.75, 3.05) is 0 Å². The van der Waals surface area contributed by atoms with E-state index in [0.29, 0.717) is 0 Å². The number of rotatable bonds is 7. The maximum atomic E-state index is 13.6. The van der Waals surface area contributed by atoms with Gasteiger partial charge in [-0.15, -0.1) is 0 Å². The van der Waals surface area contributed by atoms with Gasteiger partial charge >= 0.3 is 177 Å². The molecule has 0 aliphatic carbocycles. The first-order chi connectivity index (χ1) is 13.3. The second-order valence-corrected chi connectivity index (χ2v) is 16.1. The van der Waals surface area contributed by atoms with Crippen molar-refractivity contribution in [3.8, 4) is 0 Å². The van der Waals surface area contributed by atoms with Crippen molar-refractivity contribution in [3.63, 3.8) is 0 Å². The molecule has 0 saturated carbocycles. The molecule has 0 bridgehead atoms. The van der Waals surface area contributed by atoms with Crippen molar-refractivity contribution in [1.82, 2.24) is 0 Å². The van der Waals surface area contributed by atoms with E-state index in [1.165, 1.54) is 23.6 Å². The molecule has 3 aromatic rings. The van der Waals surface area contributed by atoms with Crippen LogP contribution >= 0.6 is 0 Å². The summed E-state index contributed by atoms with van der Waals surface area (Å²) in [6.07, 6.45) is 0. The van der Waals surface area contributed by atoms with E-state index in [1.54, 1.807) is 12.1 Å². The van der Waals surface area contributed by atoms with E-state index in [0.717, 1.165) is 0 Å². The summed E-state index contributed by atoms with van der Waals surface area (Å²) in [6.45, 7) is 9.45. The molecule has 0 fully saturated rings. The van der Waals surface area contributed by atoms with E-state index < -0.39 is 19.8 Å². The van der Waals surface area contributed by atoms with Crippen molar-refractivity contribution in [1.29, 1.82) is 0 Å². The van der Waals surface area contributed by atoms with Crippen molar-refractivity contribution >= 4 is 23.3 Å². The van der Waals surface area contributed by atoms with Gasteiger partial charge in [0.15, 0.2) is 0 Å². The van der Waals surface area contributed by atoms with Gasteiger partial charge in [-0.1, -0.05) is 0 Å². The molecule has 0 N–H and O–H groups in total. The fraction of sp³-hybridized carbons (Fsp3) is 0.308. The van der Waals surface area contributed by atoms with Crippen LogP contribution in [0.2, 0.25) is 8.87 Å². The molecule has 0 amide bonds. The van der Waals surface area contributed by atoms with Crippen molar-refractivity contribution in [2.24, 2.45) is 0 Å². The van der Waals surface area contributed by atoms with Crippen LogP contribution in [0.5, 0.6) is 0 Å². The third-order valence-corrected chi connectivity index (χ3v) is 16.4. The molecule has 144 valence electrons. The van der Waals surface area contributed by atoms with Gasteiger partial charge in [-0.2, -0.15) is 0 Å². The first-order valence-electron chi connectivity index (χ1n) is 10.00. The zero-order valence-corrected chi connectivity index (χ0v) is 20.2. The van der Waals surface area contributed by atoms with Crippen LogP contribution in [0.15, 0.2) is 84.9 Å². The van der Waals surface area contributed by atoms with Crippen LogP contribution in [0.1, 0.15) is 38.8 Å². The van der Waals surface area contributed by atoms with Gasteiger partial charge in [0.1, 0.15) is 0 Å². The number of benzene rings is 3. The third-order valence-electron chi connectivity index (χ3n) is 5.67. The van der Waals surface area contributed by atoms with Crippen LogP contribution in [0.25, 0.3) is 0 Å². The van der Waals surface area contributed by atoms with Gasteiger partial charge in [0, 0.05) is 0 Å². The Hall–Kier alpha value is -1.61. The maximum absolute atomic E-state index is 13.6. The molecule has 0 unspecified atom stereocenters. The zero-order chi connectivity index (χ0) is 20.2. The van der Waals surface area contributed by atoms with Gasteiger partial charge in [-0.25, -0.2) is 0 Å². The molecule has 0 nitrogen and oxygen atoms in total. The van der Waals surface area contributed by atoms with E-state index in [4.69, 9.17) is 0 Å². The third kappa shape index (κ3) is 5.25. The molecule has 0 atom stereocenters. The van der Waals surface area contributed by atoms with Crippen molar-refractivity contribution < 1.29 is 4.39 Å². The summed E-state index contributed by atoms with van der Waals surface area (Å²) < 4.78 is 17.4. The summed E-state index contributed by atoms with van der Waals surface area (Å²) in [6, 6.07) is 29.0. The fourth-order valence-electron chi connectivity index (χ4n) is 4.00.